The number of likely N-dealkylation sites (tertiary alicyclic amines) is 1. The van der Waals surface area contributed by atoms with Crippen molar-refractivity contribution in [1.82, 2.24) is 4.90 Å². The lowest BCUT2D eigenvalue weighted by Gasteiger charge is -2.31. The number of aliphatic hydroxyl groups is 1. The summed E-state index contributed by atoms with van der Waals surface area (Å²) in [5, 5.41) is 20.2. The Morgan fingerprint density at radius 2 is 2.05 bits per heavy atom. The third-order valence-electron chi connectivity index (χ3n) is 3.77. The van der Waals surface area contributed by atoms with Crippen LogP contribution in [0, 0.1) is 0 Å². The molecule has 0 saturated carbocycles. The van der Waals surface area contributed by atoms with Gasteiger partial charge >= 0.3 is 5.97 Å². The second kappa shape index (κ2) is 5.90. The van der Waals surface area contributed by atoms with Gasteiger partial charge in [-0.05, 0) is 44.0 Å². The van der Waals surface area contributed by atoms with E-state index in [1.807, 2.05) is 11.8 Å². The standard InChI is InChI=1S/C14H18ClNO3/c1-9(16-8-2-3-12(16)14(18)19)13(17)10-4-6-11(15)7-5-10/h4-7,9,12-13,17H,2-3,8H2,1H3,(H,18,19). The van der Waals surface area contributed by atoms with E-state index in [1.165, 1.54) is 0 Å². The molecular weight excluding hydrogens is 266 g/mol. The van der Waals surface area contributed by atoms with Gasteiger partial charge in [0.2, 0.25) is 0 Å². The third kappa shape index (κ3) is 3.08. The number of carbonyl (C=O) groups is 1. The van der Waals surface area contributed by atoms with Crippen LogP contribution >= 0.6 is 11.6 Å². The molecule has 5 heteroatoms. The van der Waals surface area contributed by atoms with Gasteiger partial charge in [0.15, 0.2) is 0 Å². The average Bonchev–Trinajstić information content (AvgIpc) is 2.87. The lowest BCUT2D eigenvalue weighted by molar-refractivity contribution is -0.143. The fourth-order valence-electron chi connectivity index (χ4n) is 2.66. The molecule has 104 valence electrons. The first-order valence-electron chi connectivity index (χ1n) is 6.43. The van der Waals surface area contributed by atoms with E-state index in [0.29, 0.717) is 18.0 Å². The molecule has 3 atom stereocenters. The lowest BCUT2D eigenvalue weighted by Crippen LogP contribution is -2.44. The van der Waals surface area contributed by atoms with E-state index in [-0.39, 0.29) is 6.04 Å². The van der Waals surface area contributed by atoms with Gasteiger partial charge in [0.25, 0.3) is 0 Å². The van der Waals surface area contributed by atoms with Crippen LogP contribution in [0.2, 0.25) is 5.02 Å². The molecule has 1 fully saturated rings. The highest BCUT2D eigenvalue weighted by atomic mass is 35.5. The summed E-state index contributed by atoms with van der Waals surface area (Å²) in [6, 6.07) is 6.28. The number of aliphatic carboxylic acids is 1. The summed E-state index contributed by atoms with van der Waals surface area (Å²) in [5.41, 5.74) is 0.757. The number of hydrogen-bond donors (Lipinski definition) is 2. The number of halogens is 1. The molecule has 0 amide bonds. The number of rotatable bonds is 4. The fourth-order valence-corrected chi connectivity index (χ4v) is 2.79. The zero-order chi connectivity index (χ0) is 14.0. The first kappa shape index (κ1) is 14.3. The minimum absolute atomic E-state index is 0.232. The summed E-state index contributed by atoms with van der Waals surface area (Å²) >= 11 is 5.82. The number of benzene rings is 1. The SMILES string of the molecule is CC(C(O)c1ccc(Cl)cc1)N1CCCC1C(=O)O. The number of carboxylic acids is 1. The zero-order valence-electron chi connectivity index (χ0n) is 10.8. The molecule has 1 aromatic rings. The molecule has 0 radical (unpaired) electrons. The molecule has 1 saturated heterocycles. The van der Waals surface area contributed by atoms with Crippen molar-refractivity contribution in [3.05, 3.63) is 34.9 Å². The second-order valence-corrected chi connectivity index (χ2v) is 5.41. The molecule has 1 heterocycles. The normalized spacial score (nSPS) is 23.2. The minimum Gasteiger partial charge on any atom is -0.480 e. The van der Waals surface area contributed by atoms with E-state index in [0.717, 1.165) is 12.0 Å². The van der Waals surface area contributed by atoms with E-state index in [2.05, 4.69) is 0 Å². The number of aliphatic hydroxyl groups excluding tert-OH is 1. The van der Waals surface area contributed by atoms with Gasteiger partial charge in [-0.3, -0.25) is 9.69 Å². The Morgan fingerprint density at radius 3 is 2.63 bits per heavy atom. The highest BCUT2D eigenvalue weighted by Gasteiger charge is 2.36. The molecule has 0 aromatic heterocycles. The van der Waals surface area contributed by atoms with E-state index >= 15 is 0 Å². The summed E-state index contributed by atoms with van der Waals surface area (Å²) in [6.07, 6.45) is 0.791. The maximum absolute atomic E-state index is 11.2. The van der Waals surface area contributed by atoms with Crippen molar-refractivity contribution >= 4 is 17.6 Å². The predicted molar refractivity (Wildman–Crippen MR) is 73.2 cm³/mol. The van der Waals surface area contributed by atoms with Crippen molar-refractivity contribution in [2.24, 2.45) is 0 Å². The Hall–Kier alpha value is -1.10. The maximum atomic E-state index is 11.2. The van der Waals surface area contributed by atoms with Crippen molar-refractivity contribution < 1.29 is 15.0 Å². The van der Waals surface area contributed by atoms with Crippen LogP contribution in [0.15, 0.2) is 24.3 Å². The van der Waals surface area contributed by atoms with Gasteiger partial charge in [0.1, 0.15) is 6.04 Å². The molecule has 0 aliphatic carbocycles. The van der Waals surface area contributed by atoms with Crippen LogP contribution in [0.25, 0.3) is 0 Å². The van der Waals surface area contributed by atoms with Gasteiger partial charge in [-0.1, -0.05) is 23.7 Å². The van der Waals surface area contributed by atoms with Crippen molar-refractivity contribution in [3.8, 4) is 0 Å². The van der Waals surface area contributed by atoms with Crippen LogP contribution in [0.4, 0.5) is 0 Å². The third-order valence-corrected chi connectivity index (χ3v) is 4.02. The van der Waals surface area contributed by atoms with E-state index in [1.54, 1.807) is 24.3 Å². The molecular formula is C14H18ClNO3. The number of carboxylic acid groups (broad SMARTS) is 1. The Labute approximate surface area is 117 Å². The smallest absolute Gasteiger partial charge is 0.320 e. The van der Waals surface area contributed by atoms with Crippen LogP contribution in [-0.4, -0.2) is 39.7 Å². The van der Waals surface area contributed by atoms with Gasteiger partial charge in [-0.15, -0.1) is 0 Å². The van der Waals surface area contributed by atoms with E-state index in [9.17, 15) is 15.0 Å². The van der Waals surface area contributed by atoms with Crippen LogP contribution in [0.5, 0.6) is 0 Å². The van der Waals surface area contributed by atoms with Crippen LogP contribution in [0.1, 0.15) is 31.4 Å². The Morgan fingerprint density at radius 1 is 1.42 bits per heavy atom. The molecule has 3 unspecified atom stereocenters. The van der Waals surface area contributed by atoms with Crippen molar-refractivity contribution in [1.29, 1.82) is 0 Å². The quantitative estimate of drug-likeness (QED) is 0.890. The molecule has 4 nitrogen and oxygen atoms in total. The monoisotopic (exact) mass is 283 g/mol. The van der Waals surface area contributed by atoms with Crippen LogP contribution < -0.4 is 0 Å². The summed E-state index contributed by atoms with van der Waals surface area (Å²) in [7, 11) is 0. The molecule has 0 spiro atoms. The summed E-state index contributed by atoms with van der Waals surface area (Å²) < 4.78 is 0. The summed E-state index contributed by atoms with van der Waals surface area (Å²) in [4.78, 5) is 13.0. The Bertz CT molecular complexity index is 449. The highest BCUT2D eigenvalue weighted by Crippen LogP contribution is 2.28. The number of nitrogens with zero attached hydrogens (tertiary/aromatic N) is 1. The largest absolute Gasteiger partial charge is 0.480 e. The first-order valence-corrected chi connectivity index (χ1v) is 6.80. The maximum Gasteiger partial charge on any atom is 0.320 e. The molecule has 2 N–H and O–H groups in total. The Kier molecular flexibility index (Phi) is 4.45. The van der Waals surface area contributed by atoms with Gasteiger partial charge in [0.05, 0.1) is 6.10 Å². The van der Waals surface area contributed by atoms with Crippen LogP contribution in [-0.2, 0) is 4.79 Å². The van der Waals surface area contributed by atoms with E-state index in [4.69, 9.17) is 11.6 Å². The van der Waals surface area contributed by atoms with Gasteiger partial charge in [-0.25, -0.2) is 0 Å². The summed E-state index contributed by atoms with van der Waals surface area (Å²) in [6.45, 7) is 2.57. The Balaban J connectivity index is 2.12. The first-order chi connectivity index (χ1) is 9.00. The van der Waals surface area contributed by atoms with Gasteiger partial charge in [0, 0.05) is 11.1 Å². The minimum atomic E-state index is -0.812. The van der Waals surface area contributed by atoms with Crippen molar-refractivity contribution in [2.45, 2.75) is 38.0 Å². The number of hydrogen-bond acceptors (Lipinski definition) is 3. The molecule has 19 heavy (non-hydrogen) atoms. The highest BCUT2D eigenvalue weighted by molar-refractivity contribution is 6.30. The zero-order valence-corrected chi connectivity index (χ0v) is 11.5. The summed E-state index contributed by atoms with van der Waals surface area (Å²) in [5.74, 6) is -0.812. The molecule has 1 aliphatic rings. The van der Waals surface area contributed by atoms with Crippen molar-refractivity contribution in [3.63, 3.8) is 0 Å². The van der Waals surface area contributed by atoms with Gasteiger partial charge in [-0.2, -0.15) is 0 Å². The molecule has 1 aromatic carbocycles. The lowest BCUT2D eigenvalue weighted by atomic mass is 10.0. The molecule has 0 bridgehead atoms. The van der Waals surface area contributed by atoms with Gasteiger partial charge < -0.3 is 10.2 Å². The molecule has 2 rings (SSSR count). The van der Waals surface area contributed by atoms with Crippen LogP contribution in [0.3, 0.4) is 0 Å². The van der Waals surface area contributed by atoms with Crippen molar-refractivity contribution in [2.75, 3.05) is 6.54 Å². The fraction of sp³-hybridized carbons (Fsp3) is 0.500. The average molecular weight is 284 g/mol. The predicted octanol–water partition coefficient (Wildman–Crippen LogP) is 2.31. The topological polar surface area (TPSA) is 60.8 Å². The van der Waals surface area contributed by atoms with E-state index < -0.39 is 18.1 Å². The molecule has 1 aliphatic heterocycles. The second-order valence-electron chi connectivity index (χ2n) is 4.97.